The van der Waals surface area contributed by atoms with Gasteiger partial charge in [0.15, 0.2) is 0 Å². The first kappa shape index (κ1) is 14.7. The monoisotopic (exact) mass is 260 g/mol. The fourth-order valence-electron chi connectivity index (χ4n) is 1.21. The van der Waals surface area contributed by atoms with Crippen molar-refractivity contribution in [3.63, 3.8) is 0 Å². The molecule has 0 atom stereocenters. The fraction of sp³-hybridized carbons (Fsp3) is 0.357. The van der Waals surface area contributed by atoms with Crippen LogP contribution < -0.4 is 4.74 Å². The third-order valence-corrected chi connectivity index (χ3v) is 2.45. The van der Waals surface area contributed by atoms with Crippen LogP contribution in [0.2, 0.25) is 0 Å². The molecule has 5 heteroatoms. The molecule has 1 N–H and O–H groups in total. The quantitative estimate of drug-likeness (QED) is 0.794. The maximum absolute atomic E-state index is 10.3. The molecule has 1 aromatic rings. The molecule has 0 aromatic carbocycles. The highest BCUT2D eigenvalue weighted by atomic mass is 16.5. The molecule has 0 saturated heterocycles. The predicted molar refractivity (Wildman–Crippen MR) is 70.4 cm³/mol. The number of hydrogen-bond donors (Lipinski definition) is 1. The first-order valence-electron chi connectivity index (χ1n) is 5.84. The lowest BCUT2D eigenvalue weighted by Gasteiger charge is -2.15. The lowest BCUT2D eigenvalue weighted by atomic mass is 9.92. The second-order valence-electron chi connectivity index (χ2n) is 4.68. The van der Waals surface area contributed by atoms with Crippen molar-refractivity contribution >= 4 is 12.0 Å². The molecule has 0 fully saturated rings. The molecule has 0 amide bonds. The summed E-state index contributed by atoms with van der Waals surface area (Å²) in [5, 5.41) is 17.3. The van der Waals surface area contributed by atoms with Crippen LogP contribution in [-0.2, 0) is 4.79 Å². The summed E-state index contributed by atoms with van der Waals surface area (Å²) in [5.41, 5.74) is 0.143. The van der Waals surface area contributed by atoms with Gasteiger partial charge in [-0.3, -0.25) is 4.98 Å². The summed E-state index contributed by atoms with van der Waals surface area (Å²) in [7, 11) is 0. The van der Waals surface area contributed by atoms with Gasteiger partial charge in [-0.15, -0.1) is 0 Å². The van der Waals surface area contributed by atoms with Gasteiger partial charge < -0.3 is 9.84 Å². The number of carboxylic acids is 1. The van der Waals surface area contributed by atoms with Crippen molar-refractivity contribution in [2.75, 3.05) is 6.61 Å². The van der Waals surface area contributed by atoms with E-state index in [1.54, 1.807) is 12.1 Å². The summed E-state index contributed by atoms with van der Waals surface area (Å²) in [5.74, 6) is -0.415. The van der Waals surface area contributed by atoms with Gasteiger partial charge in [-0.2, -0.15) is 5.26 Å². The fourth-order valence-corrected chi connectivity index (χ4v) is 1.21. The molecule has 5 nitrogen and oxygen atoms in total. The lowest BCUT2D eigenvalue weighted by molar-refractivity contribution is -0.131. The molecule has 0 saturated carbocycles. The molecule has 1 aromatic heterocycles. The summed E-state index contributed by atoms with van der Waals surface area (Å²) < 4.78 is 5.47. The van der Waals surface area contributed by atoms with Gasteiger partial charge in [-0.05, 0) is 38.5 Å². The summed E-state index contributed by atoms with van der Waals surface area (Å²) in [4.78, 5) is 14.4. The number of carboxylic acid groups (broad SMARTS) is 1. The number of rotatable bonds is 6. The van der Waals surface area contributed by atoms with Crippen LogP contribution in [0.5, 0.6) is 5.75 Å². The Balaban J connectivity index is 2.49. The van der Waals surface area contributed by atoms with E-state index in [0.29, 0.717) is 24.5 Å². The molecule has 0 spiro atoms. The van der Waals surface area contributed by atoms with E-state index < -0.39 is 11.4 Å². The normalized spacial score (nSPS) is 11.2. The van der Waals surface area contributed by atoms with Crippen molar-refractivity contribution in [3.8, 4) is 11.8 Å². The molecular weight excluding hydrogens is 244 g/mol. The van der Waals surface area contributed by atoms with E-state index in [9.17, 15) is 4.79 Å². The lowest BCUT2D eigenvalue weighted by Crippen LogP contribution is -2.13. The molecule has 0 bridgehead atoms. The van der Waals surface area contributed by atoms with Crippen LogP contribution >= 0.6 is 0 Å². The predicted octanol–water partition coefficient (Wildman–Crippen LogP) is 2.50. The van der Waals surface area contributed by atoms with Crippen LogP contribution in [0.3, 0.4) is 0 Å². The van der Waals surface area contributed by atoms with E-state index in [2.05, 4.69) is 11.1 Å². The van der Waals surface area contributed by atoms with Crippen molar-refractivity contribution in [1.29, 1.82) is 5.26 Å². The van der Waals surface area contributed by atoms with E-state index in [0.717, 1.165) is 6.08 Å². The number of carbonyl (C=O) groups is 1. The Morgan fingerprint density at radius 3 is 2.84 bits per heavy atom. The van der Waals surface area contributed by atoms with Gasteiger partial charge in [0.25, 0.3) is 0 Å². The Kier molecular flexibility index (Phi) is 5.07. The van der Waals surface area contributed by atoms with Gasteiger partial charge >= 0.3 is 5.97 Å². The van der Waals surface area contributed by atoms with Gasteiger partial charge in [-0.25, -0.2) is 4.79 Å². The standard InChI is InChI=1S/C14H16N2O3/c1-14(2,10-15)7-8-19-12-5-3-11(16-9-12)4-6-13(17)18/h3-6,9H,7-8H2,1-2H3,(H,17,18). The largest absolute Gasteiger partial charge is 0.492 e. The van der Waals surface area contributed by atoms with Crippen LogP contribution in [0.25, 0.3) is 6.08 Å². The number of pyridine rings is 1. The molecule has 0 radical (unpaired) electrons. The van der Waals surface area contributed by atoms with E-state index in [1.807, 2.05) is 13.8 Å². The van der Waals surface area contributed by atoms with Crippen molar-refractivity contribution in [1.82, 2.24) is 4.98 Å². The summed E-state index contributed by atoms with van der Waals surface area (Å²) in [6.45, 7) is 4.15. The first-order chi connectivity index (χ1) is 8.93. The van der Waals surface area contributed by atoms with Gasteiger partial charge in [0, 0.05) is 6.08 Å². The average molecular weight is 260 g/mol. The molecule has 0 unspecified atom stereocenters. The highest BCUT2D eigenvalue weighted by molar-refractivity contribution is 5.84. The maximum Gasteiger partial charge on any atom is 0.328 e. The topological polar surface area (TPSA) is 83.2 Å². The highest BCUT2D eigenvalue weighted by Gasteiger charge is 2.16. The van der Waals surface area contributed by atoms with E-state index in [4.69, 9.17) is 15.1 Å². The zero-order valence-corrected chi connectivity index (χ0v) is 11.0. The molecular formula is C14H16N2O3. The van der Waals surface area contributed by atoms with Gasteiger partial charge in [0.2, 0.25) is 0 Å². The summed E-state index contributed by atoms with van der Waals surface area (Å²) in [6, 6.07) is 5.59. The zero-order chi connectivity index (χ0) is 14.3. The molecule has 19 heavy (non-hydrogen) atoms. The van der Waals surface area contributed by atoms with E-state index in [-0.39, 0.29) is 0 Å². The number of ether oxygens (including phenoxy) is 1. The summed E-state index contributed by atoms with van der Waals surface area (Å²) in [6.07, 6.45) is 4.59. The third-order valence-electron chi connectivity index (χ3n) is 2.45. The van der Waals surface area contributed by atoms with Crippen LogP contribution in [-0.4, -0.2) is 22.7 Å². The van der Waals surface area contributed by atoms with Crippen molar-refractivity contribution < 1.29 is 14.6 Å². The Labute approximate surface area is 112 Å². The number of aliphatic carboxylic acids is 1. The second kappa shape index (κ2) is 6.55. The first-order valence-corrected chi connectivity index (χ1v) is 5.84. The van der Waals surface area contributed by atoms with E-state index >= 15 is 0 Å². The Morgan fingerprint density at radius 1 is 1.58 bits per heavy atom. The highest BCUT2D eigenvalue weighted by Crippen LogP contribution is 2.19. The van der Waals surface area contributed by atoms with Crippen molar-refractivity contribution in [2.45, 2.75) is 20.3 Å². The zero-order valence-electron chi connectivity index (χ0n) is 11.0. The maximum atomic E-state index is 10.3. The molecule has 1 heterocycles. The minimum Gasteiger partial charge on any atom is -0.492 e. The van der Waals surface area contributed by atoms with Crippen LogP contribution in [0.15, 0.2) is 24.4 Å². The number of nitriles is 1. The smallest absolute Gasteiger partial charge is 0.328 e. The average Bonchev–Trinajstić information content (AvgIpc) is 2.37. The van der Waals surface area contributed by atoms with Crippen LogP contribution in [0.4, 0.5) is 0 Å². The van der Waals surface area contributed by atoms with E-state index in [1.165, 1.54) is 12.3 Å². The summed E-state index contributed by atoms with van der Waals surface area (Å²) >= 11 is 0. The molecule has 1 rings (SSSR count). The molecule has 0 aliphatic heterocycles. The van der Waals surface area contributed by atoms with Gasteiger partial charge in [-0.1, -0.05) is 0 Å². The number of aromatic nitrogens is 1. The number of hydrogen-bond acceptors (Lipinski definition) is 4. The van der Waals surface area contributed by atoms with Gasteiger partial charge in [0.1, 0.15) is 5.75 Å². The van der Waals surface area contributed by atoms with Crippen LogP contribution in [0.1, 0.15) is 26.0 Å². The number of nitrogens with zero attached hydrogens (tertiary/aromatic N) is 2. The van der Waals surface area contributed by atoms with Gasteiger partial charge in [0.05, 0.1) is 30.0 Å². The minimum absolute atomic E-state index is 0.405. The molecule has 0 aliphatic rings. The minimum atomic E-state index is -1.01. The molecule has 100 valence electrons. The van der Waals surface area contributed by atoms with Crippen molar-refractivity contribution in [3.05, 3.63) is 30.1 Å². The Morgan fingerprint density at radius 2 is 2.32 bits per heavy atom. The van der Waals surface area contributed by atoms with Crippen LogP contribution in [0, 0.1) is 16.7 Å². The Bertz CT molecular complexity index is 498. The SMILES string of the molecule is CC(C)(C#N)CCOc1ccc(C=CC(=O)O)nc1. The Hall–Kier alpha value is -2.35. The van der Waals surface area contributed by atoms with Crippen molar-refractivity contribution in [2.24, 2.45) is 5.41 Å². The third kappa shape index (κ3) is 5.68. The second-order valence-corrected chi connectivity index (χ2v) is 4.68. The molecule has 0 aliphatic carbocycles.